The Morgan fingerprint density at radius 3 is 2.85 bits per heavy atom. The van der Waals surface area contributed by atoms with Crippen LogP contribution in [0.5, 0.6) is 0 Å². The van der Waals surface area contributed by atoms with Gasteiger partial charge in [-0.15, -0.1) is 0 Å². The summed E-state index contributed by atoms with van der Waals surface area (Å²) >= 11 is 0. The number of hydrogen-bond donors (Lipinski definition) is 1. The zero-order valence-corrected chi connectivity index (χ0v) is 11.8. The predicted octanol–water partition coefficient (Wildman–Crippen LogP) is 3.55. The Hall–Kier alpha value is -2.10. The van der Waals surface area contributed by atoms with E-state index >= 15 is 0 Å². The monoisotopic (exact) mass is 272 g/mol. The minimum absolute atomic E-state index is 0.275. The van der Waals surface area contributed by atoms with Gasteiger partial charge >= 0.3 is 5.97 Å². The van der Waals surface area contributed by atoms with Crippen LogP contribution in [0.2, 0.25) is 0 Å². The molecule has 0 aliphatic carbocycles. The van der Waals surface area contributed by atoms with E-state index in [1.807, 2.05) is 24.3 Å². The van der Waals surface area contributed by atoms with Gasteiger partial charge in [-0.1, -0.05) is 44.4 Å². The van der Waals surface area contributed by atoms with Gasteiger partial charge in [-0.2, -0.15) is 0 Å². The number of nitrogens with two attached hydrogens (primary N) is 1. The topological polar surface area (TPSA) is 65.2 Å². The molecule has 2 rings (SSSR count). The quantitative estimate of drug-likeness (QED) is 0.645. The molecule has 0 radical (unpaired) electrons. The SMILES string of the molecule is CCCCCCOC(=O)c1cc(N)c2ccccc2n1. The van der Waals surface area contributed by atoms with Crippen LogP contribution >= 0.6 is 0 Å². The van der Waals surface area contributed by atoms with Crippen molar-refractivity contribution >= 4 is 22.6 Å². The standard InChI is InChI=1S/C16H20N2O2/c1-2-3-4-7-10-20-16(19)15-11-13(17)12-8-5-6-9-14(12)18-15/h5-6,8-9,11H,2-4,7,10H2,1H3,(H2,17,18). The zero-order valence-electron chi connectivity index (χ0n) is 11.8. The van der Waals surface area contributed by atoms with E-state index in [1.165, 1.54) is 6.42 Å². The Kier molecular flexibility index (Phi) is 4.93. The van der Waals surface area contributed by atoms with Crippen LogP contribution in [0.4, 0.5) is 5.69 Å². The van der Waals surface area contributed by atoms with Gasteiger partial charge in [-0.05, 0) is 18.6 Å². The largest absolute Gasteiger partial charge is 0.461 e. The first-order chi connectivity index (χ1) is 9.72. The number of carbonyl (C=O) groups is 1. The number of nitrogens with zero attached hydrogens (tertiary/aromatic N) is 1. The summed E-state index contributed by atoms with van der Waals surface area (Å²) in [5.41, 5.74) is 7.48. The Balaban J connectivity index is 2.03. The molecule has 0 atom stereocenters. The van der Waals surface area contributed by atoms with Crippen LogP contribution < -0.4 is 5.73 Å². The van der Waals surface area contributed by atoms with Gasteiger partial charge in [0.05, 0.1) is 12.1 Å². The second kappa shape index (κ2) is 6.89. The molecule has 1 heterocycles. The van der Waals surface area contributed by atoms with E-state index in [0.717, 1.165) is 24.6 Å². The molecule has 1 aromatic heterocycles. The zero-order chi connectivity index (χ0) is 14.4. The predicted molar refractivity (Wildman–Crippen MR) is 80.6 cm³/mol. The normalized spacial score (nSPS) is 10.7. The fraction of sp³-hybridized carbons (Fsp3) is 0.375. The highest BCUT2D eigenvalue weighted by atomic mass is 16.5. The number of nitrogen functional groups attached to an aromatic ring is 1. The number of ether oxygens (including phenoxy) is 1. The Bertz CT molecular complexity index is 596. The van der Waals surface area contributed by atoms with Crippen LogP contribution in [0, 0.1) is 0 Å². The molecule has 4 nitrogen and oxygen atoms in total. The number of unbranched alkanes of at least 4 members (excludes halogenated alkanes) is 3. The summed E-state index contributed by atoms with van der Waals surface area (Å²) in [4.78, 5) is 16.2. The van der Waals surface area contributed by atoms with Crippen molar-refractivity contribution in [3.63, 3.8) is 0 Å². The molecule has 106 valence electrons. The van der Waals surface area contributed by atoms with Gasteiger partial charge in [0.2, 0.25) is 0 Å². The maximum atomic E-state index is 11.9. The van der Waals surface area contributed by atoms with Gasteiger partial charge in [0.15, 0.2) is 5.69 Å². The minimum Gasteiger partial charge on any atom is -0.461 e. The number of para-hydroxylation sites is 1. The number of pyridine rings is 1. The summed E-state index contributed by atoms with van der Waals surface area (Å²) in [7, 11) is 0. The van der Waals surface area contributed by atoms with E-state index in [1.54, 1.807) is 6.07 Å². The summed E-state index contributed by atoms with van der Waals surface area (Å²) < 4.78 is 5.22. The third-order valence-electron chi connectivity index (χ3n) is 3.19. The smallest absolute Gasteiger partial charge is 0.357 e. The summed E-state index contributed by atoms with van der Waals surface area (Å²) in [6, 6.07) is 9.07. The summed E-state index contributed by atoms with van der Waals surface area (Å²) in [5, 5.41) is 0.854. The second-order valence-electron chi connectivity index (χ2n) is 4.81. The molecule has 0 unspecified atom stereocenters. The van der Waals surface area contributed by atoms with Crippen LogP contribution in [0.15, 0.2) is 30.3 Å². The maximum Gasteiger partial charge on any atom is 0.357 e. The van der Waals surface area contributed by atoms with Crippen molar-refractivity contribution in [2.75, 3.05) is 12.3 Å². The van der Waals surface area contributed by atoms with Gasteiger partial charge in [0.1, 0.15) is 0 Å². The van der Waals surface area contributed by atoms with Crippen molar-refractivity contribution in [1.29, 1.82) is 0 Å². The van der Waals surface area contributed by atoms with E-state index in [2.05, 4.69) is 11.9 Å². The van der Waals surface area contributed by atoms with Gasteiger partial charge in [-0.3, -0.25) is 0 Å². The van der Waals surface area contributed by atoms with Gasteiger partial charge < -0.3 is 10.5 Å². The van der Waals surface area contributed by atoms with Crippen molar-refractivity contribution in [2.45, 2.75) is 32.6 Å². The van der Waals surface area contributed by atoms with Crippen molar-refractivity contribution in [3.8, 4) is 0 Å². The van der Waals surface area contributed by atoms with Crippen LogP contribution in [-0.2, 0) is 4.74 Å². The van der Waals surface area contributed by atoms with Crippen molar-refractivity contribution in [1.82, 2.24) is 4.98 Å². The van der Waals surface area contributed by atoms with Gasteiger partial charge in [-0.25, -0.2) is 9.78 Å². The first-order valence-corrected chi connectivity index (χ1v) is 7.04. The molecule has 0 saturated heterocycles. The number of aromatic nitrogens is 1. The summed E-state index contributed by atoms with van der Waals surface area (Å²) in [5.74, 6) is -0.404. The molecule has 0 bridgehead atoms. The lowest BCUT2D eigenvalue weighted by molar-refractivity contribution is 0.0491. The molecule has 0 aliphatic heterocycles. The molecule has 2 aromatic rings. The maximum absolute atomic E-state index is 11.9. The molecule has 2 N–H and O–H groups in total. The molecular formula is C16H20N2O2. The average molecular weight is 272 g/mol. The number of hydrogen-bond acceptors (Lipinski definition) is 4. The molecule has 4 heteroatoms. The third kappa shape index (κ3) is 3.47. The third-order valence-corrected chi connectivity index (χ3v) is 3.19. The van der Waals surface area contributed by atoms with Gasteiger partial charge in [0, 0.05) is 11.1 Å². The molecule has 1 aromatic carbocycles. The molecule has 0 amide bonds. The van der Waals surface area contributed by atoms with E-state index in [9.17, 15) is 4.79 Å². The molecule has 20 heavy (non-hydrogen) atoms. The number of rotatable bonds is 6. The van der Waals surface area contributed by atoms with Crippen LogP contribution in [0.3, 0.4) is 0 Å². The fourth-order valence-electron chi connectivity index (χ4n) is 2.07. The summed E-state index contributed by atoms with van der Waals surface area (Å²) in [6.45, 7) is 2.58. The van der Waals surface area contributed by atoms with Crippen LogP contribution in [-0.4, -0.2) is 17.6 Å². The Morgan fingerprint density at radius 2 is 2.05 bits per heavy atom. The molecule has 0 saturated carbocycles. The summed E-state index contributed by atoms with van der Waals surface area (Å²) in [6.07, 6.45) is 4.30. The fourth-order valence-corrected chi connectivity index (χ4v) is 2.07. The lowest BCUT2D eigenvalue weighted by Gasteiger charge is -2.07. The molecular weight excluding hydrogens is 252 g/mol. The number of benzene rings is 1. The first kappa shape index (κ1) is 14.3. The van der Waals surface area contributed by atoms with Crippen molar-refractivity contribution in [2.24, 2.45) is 0 Å². The minimum atomic E-state index is -0.404. The van der Waals surface area contributed by atoms with Crippen LogP contribution in [0.25, 0.3) is 10.9 Å². The van der Waals surface area contributed by atoms with E-state index in [4.69, 9.17) is 10.5 Å². The van der Waals surface area contributed by atoms with Crippen molar-refractivity contribution in [3.05, 3.63) is 36.0 Å². The van der Waals surface area contributed by atoms with Gasteiger partial charge in [0.25, 0.3) is 0 Å². The first-order valence-electron chi connectivity index (χ1n) is 7.04. The van der Waals surface area contributed by atoms with E-state index in [0.29, 0.717) is 17.8 Å². The highest BCUT2D eigenvalue weighted by Gasteiger charge is 2.11. The van der Waals surface area contributed by atoms with E-state index < -0.39 is 5.97 Å². The number of anilines is 1. The molecule has 0 fully saturated rings. The second-order valence-corrected chi connectivity index (χ2v) is 4.81. The Labute approximate surface area is 119 Å². The van der Waals surface area contributed by atoms with Crippen molar-refractivity contribution < 1.29 is 9.53 Å². The molecule has 0 aliphatic rings. The number of esters is 1. The number of fused-ring (bicyclic) bond motifs is 1. The highest BCUT2D eigenvalue weighted by Crippen LogP contribution is 2.20. The average Bonchev–Trinajstić information content (AvgIpc) is 2.47. The number of carbonyl (C=O) groups excluding carboxylic acids is 1. The highest BCUT2D eigenvalue weighted by molar-refractivity contribution is 5.96. The molecule has 0 spiro atoms. The lowest BCUT2D eigenvalue weighted by Crippen LogP contribution is -2.09. The Morgan fingerprint density at radius 1 is 1.25 bits per heavy atom. The van der Waals surface area contributed by atoms with Crippen LogP contribution in [0.1, 0.15) is 43.1 Å². The van der Waals surface area contributed by atoms with E-state index in [-0.39, 0.29) is 5.69 Å². The lowest BCUT2D eigenvalue weighted by atomic mass is 10.1.